The average molecular weight is 340 g/mol. The summed E-state index contributed by atoms with van der Waals surface area (Å²) in [6, 6.07) is 7.11. The molecule has 126 valence electrons. The highest BCUT2D eigenvalue weighted by atomic mass is 35.5. The second kappa shape index (κ2) is 7.68. The molecule has 0 unspecified atom stereocenters. The molecule has 0 radical (unpaired) electrons. The average Bonchev–Trinajstić information content (AvgIpc) is 2.48. The van der Waals surface area contributed by atoms with Gasteiger partial charge in [-0.25, -0.2) is 0 Å². The third kappa shape index (κ3) is 4.61. The number of hydrogen-bond acceptors (Lipinski definition) is 3. The van der Waals surface area contributed by atoms with Gasteiger partial charge in [0, 0.05) is 25.0 Å². The number of rotatable bonds is 8. The van der Waals surface area contributed by atoms with E-state index < -0.39 is 11.4 Å². The number of benzene rings is 1. The second-order valence-electron chi connectivity index (χ2n) is 6.09. The van der Waals surface area contributed by atoms with Crippen LogP contribution in [0.3, 0.4) is 0 Å². The van der Waals surface area contributed by atoms with Crippen LogP contribution in [0.2, 0.25) is 5.02 Å². The molecule has 0 aromatic heterocycles. The lowest BCUT2D eigenvalue weighted by atomic mass is 9.66. The van der Waals surface area contributed by atoms with Crippen LogP contribution in [0.4, 0.5) is 0 Å². The van der Waals surface area contributed by atoms with Gasteiger partial charge in [0.15, 0.2) is 0 Å². The van der Waals surface area contributed by atoms with Crippen molar-refractivity contribution in [3.63, 3.8) is 0 Å². The molecule has 1 aromatic rings. The van der Waals surface area contributed by atoms with E-state index in [-0.39, 0.29) is 12.3 Å². The fourth-order valence-corrected chi connectivity index (χ4v) is 2.77. The summed E-state index contributed by atoms with van der Waals surface area (Å²) in [5, 5.41) is 9.93. The SMILES string of the molecule is CN(CCCOc1ccc(Cl)cc1)C(=O)CC1(C(=O)O)CCC1. The maximum absolute atomic E-state index is 12.2. The summed E-state index contributed by atoms with van der Waals surface area (Å²) >= 11 is 5.80. The van der Waals surface area contributed by atoms with Crippen molar-refractivity contribution < 1.29 is 19.4 Å². The molecule has 0 bridgehead atoms. The minimum atomic E-state index is -0.850. The van der Waals surface area contributed by atoms with E-state index in [1.54, 1.807) is 36.2 Å². The van der Waals surface area contributed by atoms with Gasteiger partial charge in [-0.3, -0.25) is 9.59 Å². The third-order valence-electron chi connectivity index (χ3n) is 4.40. The number of ether oxygens (including phenoxy) is 1. The lowest BCUT2D eigenvalue weighted by Gasteiger charge is -2.38. The van der Waals surface area contributed by atoms with Gasteiger partial charge in [0.2, 0.25) is 5.91 Å². The summed E-state index contributed by atoms with van der Waals surface area (Å²) < 4.78 is 5.57. The molecule has 2 rings (SSSR count). The van der Waals surface area contributed by atoms with E-state index in [1.807, 2.05) is 0 Å². The minimum Gasteiger partial charge on any atom is -0.494 e. The van der Waals surface area contributed by atoms with Crippen LogP contribution in [-0.4, -0.2) is 42.1 Å². The number of nitrogens with zero attached hydrogens (tertiary/aromatic N) is 1. The molecule has 0 spiro atoms. The zero-order valence-electron chi connectivity index (χ0n) is 13.3. The minimum absolute atomic E-state index is 0.0941. The van der Waals surface area contributed by atoms with Gasteiger partial charge in [-0.1, -0.05) is 18.0 Å². The predicted molar refractivity (Wildman–Crippen MR) is 87.7 cm³/mol. The van der Waals surface area contributed by atoms with Crippen LogP contribution >= 0.6 is 11.6 Å². The van der Waals surface area contributed by atoms with E-state index in [4.69, 9.17) is 16.3 Å². The Hall–Kier alpha value is -1.75. The van der Waals surface area contributed by atoms with Crippen molar-refractivity contribution in [1.82, 2.24) is 4.90 Å². The van der Waals surface area contributed by atoms with E-state index in [9.17, 15) is 14.7 Å². The molecule has 1 N–H and O–H groups in total. The summed E-state index contributed by atoms with van der Waals surface area (Å²) in [7, 11) is 1.71. The van der Waals surface area contributed by atoms with Crippen molar-refractivity contribution in [2.75, 3.05) is 20.2 Å². The Labute approximate surface area is 141 Å². The Morgan fingerprint density at radius 1 is 1.30 bits per heavy atom. The second-order valence-corrected chi connectivity index (χ2v) is 6.52. The molecule has 0 heterocycles. The number of carbonyl (C=O) groups is 2. The van der Waals surface area contributed by atoms with Crippen LogP contribution in [0.25, 0.3) is 0 Å². The number of halogens is 1. The Morgan fingerprint density at radius 2 is 1.96 bits per heavy atom. The molecule has 0 aliphatic heterocycles. The van der Waals surface area contributed by atoms with Crippen molar-refractivity contribution in [2.45, 2.75) is 32.1 Å². The van der Waals surface area contributed by atoms with Crippen molar-refractivity contribution in [3.05, 3.63) is 29.3 Å². The third-order valence-corrected chi connectivity index (χ3v) is 4.65. The Bertz CT molecular complexity index is 554. The molecule has 1 aliphatic rings. The summed E-state index contributed by atoms with van der Waals surface area (Å²) in [5.74, 6) is -0.224. The van der Waals surface area contributed by atoms with Crippen molar-refractivity contribution >= 4 is 23.5 Å². The van der Waals surface area contributed by atoms with Gasteiger partial charge in [-0.2, -0.15) is 0 Å². The molecule has 0 atom stereocenters. The van der Waals surface area contributed by atoms with Gasteiger partial charge < -0.3 is 14.7 Å². The summed E-state index contributed by atoms with van der Waals surface area (Å²) in [4.78, 5) is 25.1. The van der Waals surface area contributed by atoms with Crippen LogP contribution in [0.5, 0.6) is 5.75 Å². The number of aliphatic carboxylic acids is 1. The van der Waals surface area contributed by atoms with Crippen LogP contribution in [0.15, 0.2) is 24.3 Å². The number of carboxylic acid groups (broad SMARTS) is 1. The maximum Gasteiger partial charge on any atom is 0.310 e. The topological polar surface area (TPSA) is 66.8 Å². The van der Waals surface area contributed by atoms with Gasteiger partial charge in [0.05, 0.1) is 12.0 Å². The van der Waals surface area contributed by atoms with Gasteiger partial charge in [0.25, 0.3) is 0 Å². The highest BCUT2D eigenvalue weighted by molar-refractivity contribution is 6.30. The van der Waals surface area contributed by atoms with Crippen LogP contribution < -0.4 is 4.74 Å². The maximum atomic E-state index is 12.2. The Morgan fingerprint density at radius 3 is 2.48 bits per heavy atom. The fraction of sp³-hybridized carbons (Fsp3) is 0.529. The summed E-state index contributed by atoms with van der Waals surface area (Å²) in [6.45, 7) is 1.03. The molecule has 1 aromatic carbocycles. The number of carboxylic acids is 1. The Balaban J connectivity index is 1.69. The summed E-state index contributed by atoms with van der Waals surface area (Å²) in [5.41, 5.74) is -0.828. The highest BCUT2D eigenvalue weighted by Crippen LogP contribution is 2.44. The van der Waals surface area contributed by atoms with E-state index in [2.05, 4.69) is 0 Å². The van der Waals surface area contributed by atoms with Gasteiger partial charge in [-0.15, -0.1) is 0 Å². The number of amides is 1. The predicted octanol–water partition coefficient (Wildman–Crippen LogP) is 3.21. The first-order valence-corrected chi connectivity index (χ1v) is 8.16. The largest absolute Gasteiger partial charge is 0.494 e. The van der Waals surface area contributed by atoms with Gasteiger partial charge in [-0.05, 0) is 43.5 Å². The monoisotopic (exact) mass is 339 g/mol. The number of carbonyl (C=O) groups excluding carboxylic acids is 1. The first-order valence-electron chi connectivity index (χ1n) is 7.79. The van der Waals surface area contributed by atoms with Crippen molar-refractivity contribution in [1.29, 1.82) is 0 Å². The quantitative estimate of drug-likeness (QED) is 0.738. The number of hydrogen-bond donors (Lipinski definition) is 1. The van der Waals surface area contributed by atoms with Crippen molar-refractivity contribution in [2.24, 2.45) is 5.41 Å². The van der Waals surface area contributed by atoms with E-state index in [0.29, 0.717) is 37.4 Å². The first kappa shape index (κ1) is 17.6. The molecule has 1 saturated carbocycles. The van der Waals surface area contributed by atoms with Crippen LogP contribution in [0, 0.1) is 5.41 Å². The van der Waals surface area contributed by atoms with Crippen LogP contribution in [0.1, 0.15) is 32.1 Å². The van der Waals surface area contributed by atoms with Crippen LogP contribution in [-0.2, 0) is 9.59 Å². The normalized spacial score (nSPS) is 15.6. The molecule has 23 heavy (non-hydrogen) atoms. The molecular formula is C17H22ClNO4. The van der Waals surface area contributed by atoms with E-state index in [1.165, 1.54) is 0 Å². The first-order chi connectivity index (χ1) is 10.9. The van der Waals surface area contributed by atoms with E-state index >= 15 is 0 Å². The lowest BCUT2D eigenvalue weighted by Crippen LogP contribution is -2.43. The zero-order valence-corrected chi connectivity index (χ0v) is 14.0. The fourth-order valence-electron chi connectivity index (χ4n) is 2.64. The molecule has 6 heteroatoms. The van der Waals surface area contributed by atoms with Gasteiger partial charge >= 0.3 is 5.97 Å². The molecule has 1 amide bonds. The molecular weight excluding hydrogens is 318 g/mol. The lowest BCUT2D eigenvalue weighted by molar-refractivity contribution is -0.159. The van der Waals surface area contributed by atoms with E-state index in [0.717, 1.165) is 12.2 Å². The van der Waals surface area contributed by atoms with Crippen molar-refractivity contribution in [3.8, 4) is 5.75 Å². The molecule has 5 nitrogen and oxygen atoms in total. The Kier molecular flexibility index (Phi) is 5.88. The molecule has 1 aliphatic carbocycles. The molecule has 1 fully saturated rings. The summed E-state index contributed by atoms with van der Waals surface area (Å²) in [6.07, 6.45) is 2.86. The zero-order chi connectivity index (χ0) is 16.9. The van der Waals surface area contributed by atoms with Gasteiger partial charge in [0.1, 0.15) is 5.75 Å². The highest BCUT2D eigenvalue weighted by Gasteiger charge is 2.46. The molecule has 0 saturated heterocycles. The smallest absolute Gasteiger partial charge is 0.310 e. The standard InChI is InChI=1S/C17H22ClNO4/c1-19(15(20)12-17(16(21)22)8-2-9-17)10-3-11-23-14-6-4-13(18)5-7-14/h4-7H,2-3,8-12H2,1H3,(H,21,22).